The van der Waals surface area contributed by atoms with E-state index in [2.05, 4.69) is 5.10 Å². The van der Waals surface area contributed by atoms with E-state index >= 15 is 0 Å². The molecule has 0 radical (unpaired) electrons. The van der Waals surface area contributed by atoms with Crippen molar-refractivity contribution in [1.82, 2.24) is 9.78 Å². The number of hydrogen-bond acceptors (Lipinski definition) is 4. The summed E-state index contributed by atoms with van der Waals surface area (Å²) in [5.41, 5.74) is -1.30. The summed E-state index contributed by atoms with van der Waals surface area (Å²) in [7, 11) is 0. The number of esters is 1. The normalized spacial score (nSPS) is 10.7. The summed E-state index contributed by atoms with van der Waals surface area (Å²) in [4.78, 5) is 22.8. The molecule has 1 aromatic carbocycles. The molecule has 0 amide bonds. The van der Waals surface area contributed by atoms with Crippen molar-refractivity contribution in [3.63, 3.8) is 0 Å². The summed E-state index contributed by atoms with van der Waals surface area (Å²) in [6.45, 7) is 0.984. The molecule has 23 heavy (non-hydrogen) atoms. The molecule has 0 aliphatic carbocycles. The molecule has 9 heteroatoms. The number of aldehydes is 1. The average Bonchev–Trinajstić information content (AvgIpc) is 2.84. The van der Waals surface area contributed by atoms with Crippen molar-refractivity contribution in [3.05, 3.63) is 51.6 Å². The number of benzene rings is 1. The molecule has 0 fully saturated rings. The smallest absolute Gasteiger partial charge is 0.359 e. The van der Waals surface area contributed by atoms with Gasteiger partial charge in [0.2, 0.25) is 0 Å². The Hall–Kier alpha value is -2.35. The van der Waals surface area contributed by atoms with E-state index in [4.69, 9.17) is 16.3 Å². The molecule has 0 saturated heterocycles. The Balaban J connectivity index is 2.48. The fourth-order valence-electron chi connectivity index (χ4n) is 1.88. The van der Waals surface area contributed by atoms with Gasteiger partial charge in [-0.1, -0.05) is 11.6 Å². The molecule has 2 aromatic rings. The maximum atomic E-state index is 13.7. The minimum atomic E-state index is -1.40. The van der Waals surface area contributed by atoms with Crippen LogP contribution in [0.1, 0.15) is 33.3 Å². The number of halogens is 4. The lowest BCUT2D eigenvalue weighted by Crippen LogP contribution is -2.10. The van der Waals surface area contributed by atoms with E-state index in [1.54, 1.807) is 6.92 Å². The number of rotatable bonds is 5. The van der Waals surface area contributed by atoms with Crippen molar-refractivity contribution in [2.45, 2.75) is 13.5 Å². The summed E-state index contributed by atoms with van der Waals surface area (Å²) in [6.07, 6.45) is 0.274. The van der Waals surface area contributed by atoms with Gasteiger partial charge in [0, 0.05) is 5.56 Å². The SMILES string of the molecule is CCOC(=O)c1nn(Cc2c(F)ccc(F)c2F)c(Cl)c1C=O. The topological polar surface area (TPSA) is 61.2 Å². The fourth-order valence-corrected chi connectivity index (χ4v) is 2.11. The number of carbonyl (C=O) groups excluding carboxylic acids is 2. The molecule has 0 saturated carbocycles. The zero-order chi connectivity index (χ0) is 17.1. The van der Waals surface area contributed by atoms with E-state index in [1.807, 2.05) is 0 Å². The van der Waals surface area contributed by atoms with Gasteiger partial charge < -0.3 is 4.74 Å². The van der Waals surface area contributed by atoms with Crippen molar-refractivity contribution < 1.29 is 27.5 Å². The number of aromatic nitrogens is 2. The molecule has 0 unspecified atom stereocenters. The van der Waals surface area contributed by atoms with Crippen LogP contribution in [0.5, 0.6) is 0 Å². The zero-order valence-corrected chi connectivity index (χ0v) is 12.5. The highest BCUT2D eigenvalue weighted by atomic mass is 35.5. The van der Waals surface area contributed by atoms with Gasteiger partial charge in [0.1, 0.15) is 11.0 Å². The first kappa shape index (κ1) is 17.0. The monoisotopic (exact) mass is 346 g/mol. The predicted octanol–water partition coefficient (Wildman–Crippen LogP) is 2.99. The predicted molar refractivity (Wildman–Crippen MR) is 74.0 cm³/mol. The van der Waals surface area contributed by atoms with Gasteiger partial charge in [0.05, 0.1) is 18.7 Å². The summed E-state index contributed by atoms with van der Waals surface area (Å²) in [5.74, 6) is -4.57. The maximum Gasteiger partial charge on any atom is 0.359 e. The number of carbonyl (C=O) groups is 2. The van der Waals surface area contributed by atoms with Crippen molar-refractivity contribution in [1.29, 1.82) is 0 Å². The third kappa shape index (κ3) is 3.21. The van der Waals surface area contributed by atoms with E-state index in [1.165, 1.54) is 0 Å². The second kappa shape index (κ2) is 6.82. The van der Waals surface area contributed by atoms with Crippen LogP contribution >= 0.6 is 11.6 Å². The summed E-state index contributed by atoms with van der Waals surface area (Å²) in [6, 6.07) is 1.39. The summed E-state index contributed by atoms with van der Waals surface area (Å²) in [5, 5.41) is 3.42. The van der Waals surface area contributed by atoms with Crippen molar-refractivity contribution >= 4 is 23.9 Å². The average molecular weight is 347 g/mol. The Kier molecular flexibility index (Phi) is 5.05. The van der Waals surface area contributed by atoms with Crippen LogP contribution in [0.15, 0.2) is 12.1 Å². The van der Waals surface area contributed by atoms with Crippen molar-refractivity contribution in [3.8, 4) is 0 Å². The highest BCUT2D eigenvalue weighted by Crippen LogP contribution is 2.23. The molecular formula is C14H10ClF3N2O3. The van der Waals surface area contributed by atoms with Crippen LogP contribution in [0.2, 0.25) is 5.15 Å². The van der Waals surface area contributed by atoms with Gasteiger partial charge in [0.15, 0.2) is 23.6 Å². The molecule has 0 aliphatic rings. The largest absolute Gasteiger partial charge is 0.461 e. The Morgan fingerprint density at radius 1 is 1.35 bits per heavy atom. The van der Waals surface area contributed by atoms with Crippen molar-refractivity contribution in [2.24, 2.45) is 0 Å². The standard InChI is InChI=1S/C14H10ClF3N2O3/c1-2-23-14(22)12-8(6-21)13(15)20(19-12)5-7-9(16)3-4-10(17)11(7)18/h3-4,6H,2,5H2,1H3. The van der Waals surface area contributed by atoms with Crippen LogP contribution in [-0.4, -0.2) is 28.6 Å². The highest BCUT2D eigenvalue weighted by Gasteiger charge is 2.24. The zero-order valence-electron chi connectivity index (χ0n) is 11.8. The fraction of sp³-hybridized carbons (Fsp3) is 0.214. The molecule has 1 heterocycles. The van der Waals surface area contributed by atoms with Gasteiger partial charge in [-0.15, -0.1) is 0 Å². The Labute approximate surface area is 133 Å². The van der Waals surface area contributed by atoms with Gasteiger partial charge in [-0.25, -0.2) is 22.6 Å². The summed E-state index contributed by atoms with van der Waals surface area (Å²) >= 11 is 5.89. The quantitative estimate of drug-likeness (QED) is 0.474. The molecule has 0 N–H and O–H groups in total. The number of ether oxygens (including phenoxy) is 1. The minimum absolute atomic E-state index is 0.0365. The molecule has 0 bridgehead atoms. The van der Waals surface area contributed by atoms with Crippen LogP contribution in [0.3, 0.4) is 0 Å². The van der Waals surface area contributed by atoms with E-state index in [-0.39, 0.29) is 29.3 Å². The van der Waals surface area contributed by atoms with Gasteiger partial charge in [-0.05, 0) is 19.1 Å². The van der Waals surface area contributed by atoms with Crippen LogP contribution in [0.4, 0.5) is 13.2 Å². The molecule has 0 atom stereocenters. The second-order valence-corrected chi connectivity index (χ2v) is 4.73. The minimum Gasteiger partial charge on any atom is -0.461 e. The molecule has 2 rings (SSSR count). The Morgan fingerprint density at radius 2 is 2.00 bits per heavy atom. The lowest BCUT2D eigenvalue weighted by atomic mass is 10.2. The molecule has 0 aliphatic heterocycles. The third-order valence-electron chi connectivity index (χ3n) is 2.96. The molecule has 5 nitrogen and oxygen atoms in total. The second-order valence-electron chi connectivity index (χ2n) is 4.37. The lowest BCUT2D eigenvalue weighted by Gasteiger charge is -2.07. The van der Waals surface area contributed by atoms with Crippen LogP contribution in [0, 0.1) is 17.5 Å². The van der Waals surface area contributed by atoms with E-state index in [0.29, 0.717) is 6.07 Å². The van der Waals surface area contributed by atoms with E-state index in [9.17, 15) is 22.8 Å². The van der Waals surface area contributed by atoms with Gasteiger partial charge in [-0.2, -0.15) is 5.10 Å². The van der Waals surface area contributed by atoms with Gasteiger partial charge in [-0.3, -0.25) is 4.79 Å². The van der Waals surface area contributed by atoms with E-state index < -0.39 is 35.5 Å². The Bertz CT molecular complexity index is 777. The van der Waals surface area contributed by atoms with Gasteiger partial charge in [0.25, 0.3) is 0 Å². The first-order chi connectivity index (χ1) is 10.9. The third-order valence-corrected chi connectivity index (χ3v) is 3.36. The van der Waals surface area contributed by atoms with Crippen LogP contribution < -0.4 is 0 Å². The van der Waals surface area contributed by atoms with Gasteiger partial charge >= 0.3 is 5.97 Å². The van der Waals surface area contributed by atoms with E-state index in [0.717, 1.165) is 10.7 Å². The molecule has 0 spiro atoms. The Morgan fingerprint density at radius 3 is 2.61 bits per heavy atom. The first-order valence-electron chi connectivity index (χ1n) is 6.41. The van der Waals surface area contributed by atoms with Crippen LogP contribution in [-0.2, 0) is 11.3 Å². The lowest BCUT2D eigenvalue weighted by molar-refractivity contribution is 0.0516. The molecule has 1 aromatic heterocycles. The maximum absolute atomic E-state index is 13.7. The number of hydrogen-bond donors (Lipinski definition) is 0. The van der Waals surface area contributed by atoms with Crippen molar-refractivity contribution in [2.75, 3.05) is 6.61 Å². The first-order valence-corrected chi connectivity index (χ1v) is 6.79. The van der Waals surface area contributed by atoms with Crippen LogP contribution in [0.25, 0.3) is 0 Å². The molecular weight excluding hydrogens is 337 g/mol. The number of nitrogens with zero attached hydrogens (tertiary/aromatic N) is 2. The molecule has 122 valence electrons. The summed E-state index contributed by atoms with van der Waals surface area (Å²) < 4.78 is 46.1. The highest BCUT2D eigenvalue weighted by molar-refractivity contribution is 6.32.